The van der Waals surface area contributed by atoms with Gasteiger partial charge in [0.1, 0.15) is 0 Å². The summed E-state index contributed by atoms with van der Waals surface area (Å²) in [5.74, 6) is -0.137. The number of hydrogen-bond acceptors (Lipinski definition) is 3. The van der Waals surface area contributed by atoms with E-state index in [1.54, 1.807) is 12.5 Å². The molecular formula is C15H18N2O2. The van der Waals surface area contributed by atoms with Gasteiger partial charge in [-0.05, 0) is 24.5 Å². The van der Waals surface area contributed by atoms with E-state index < -0.39 is 0 Å². The van der Waals surface area contributed by atoms with Crippen molar-refractivity contribution in [1.82, 2.24) is 9.55 Å². The van der Waals surface area contributed by atoms with Gasteiger partial charge in [-0.3, -0.25) is 4.79 Å². The van der Waals surface area contributed by atoms with E-state index in [0.29, 0.717) is 13.0 Å². The molecule has 0 aliphatic heterocycles. The van der Waals surface area contributed by atoms with Crippen molar-refractivity contribution in [3.05, 3.63) is 54.1 Å². The molecule has 0 saturated carbocycles. The first-order valence-electron chi connectivity index (χ1n) is 6.47. The van der Waals surface area contributed by atoms with Gasteiger partial charge in [-0.25, -0.2) is 4.98 Å². The van der Waals surface area contributed by atoms with Gasteiger partial charge in [0.05, 0.1) is 12.9 Å². The lowest BCUT2D eigenvalue weighted by Gasteiger charge is -2.06. The van der Waals surface area contributed by atoms with Crippen molar-refractivity contribution in [2.24, 2.45) is 0 Å². The highest BCUT2D eigenvalue weighted by molar-refractivity contribution is 5.69. The number of rotatable bonds is 6. The molecule has 0 atom stereocenters. The van der Waals surface area contributed by atoms with Crippen LogP contribution in [-0.4, -0.2) is 22.1 Å². The number of nitrogens with zero attached hydrogens (tertiary/aromatic N) is 2. The fourth-order valence-electron chi connectivity index (χ4n) is 1.95. The molecule has 0 saturated heterocycles. The van der Waals surface area contributed by atoms with Gasteiger partial charge in [-0.2, -0.15) is 0 Å². The number of aryl methyl sites for hydroxylation is 1. The maximum atomic E-state index is 11.3. The van der Waals surface area contributed by atoms with Crippen LogP contribution in [0.15, 0.2) is 43.0 Å². The molecule has 0 spiro atoms. The van der Waals surface area contributed by atoms with E-state index in [2.05, 4.69) is 17.1 Å². The number of carbonyl (C=O) groups is 1. The van der Waals surface area contributed by atoms with Crippen LogP contribution in [0.25, 0.3) is 0 Å². The zero-order valence-electron chi connectivity index (χ0n) is 11.1. The topological polar surface area (TPSA) is 44.1 Å². The summed E-state index contributed by atoms with van der Waals surface area (Å²) in [6.45, 7) is 3.07. The average molecular weight is 258 g/mol. The summed E-state index contributed by atoms with van der Waals surface area (Å²) >= 11 is 0. The first-order chi connectivity index (χ1) is 9.28. The Morgan fingerprint density at radius 2 is 2.21 bits per heavy atom. The van der Waals surface area contributed by atoms with Crippen molar-refractivity contribution in [2.75, 3.05) is 6.61 Å². The van der Waals surface area contributed by atoms with Gasteiger partial charge in [-0.15, -0.1) is 0 Å². The molecule has 0 N–H and O–H groups in total. The minimum absolute atomic E-state index is 0.137. The summed E-state index contributed by atoms with van der Waals surface area (Å²) in [7, 11) is 0. The number of benzene rings is 1. The largest absolute Gasteiger partial charge is 0.466 e. The second kappa shape index (κ2) is 6.73. The van der Waals surface area contributed by atoms with Crippen LogP contribution in [0.4, 0.5) is 0 Å². The Labute approximate surface area is 113 Å². The molecule has 0 radical (unpaired) electrons. The normalized spacial score (nSPS) is 10.4. The second-order valence-corrected chi connectivity index (χ2v) is 4.36. The molecule has 1 aromatic heterocycles. The minimum Gasteiger partial charge on any atom is -0.466 e. The molecule has 0 bridgehead atoms. The van der Waals surface area contributed by atoms with E-state index in [0.717, 1.165) is 18.5 Å². The molecule has 19 heavy (non-hydrogen) atoms. The molecule has 0 amide bonds. The van der Waals surface area contributed by atoms with Crippen molar-refractivity contribution < 1.29 is 9.53 Å². The molecule has 0 aliphatic rings. The SMILES string of the molecule is CCOC(=O)CCc1cccc(Cn2ccnc2)c1. The summed E-state index contributed by atoms with van der Waals surface area (Å²) in [4.78, 5) is 15.3. The summed E-state index contributed by atoms with van der Waals surface area (Å²) in [5.41, 5.74) is 2.37. The third-order valence-corrected chi connectivity index (χ3v) is 2.84. The van der Waals surface area contributed by atoms with Gasteiger partial charge < -0.3 is 9.30 Å². The Morgan fingerprint density at radius 1 is 1.37 bits per heavy atom. The van der Waals surface area contributed by atoms with Gasteiger partial charge in [0.15, 0.2) is 0 Å². The quantitative estimate of drug-likeness (QED) is 0.747. The number of imidazole rings is 1. The van der Waals surface area contributed by atoms with Crippen LogP contribution in [0.5, 0.6) is 0 Å². The van der Waals surface area contributed by atoms with Crippen molar-refractivity contribution in [3.8, 4) is 0 Å². The maximum absolute atomic E-state index is 11.3. The van der Waals surface area contributed by atoms with Crippen LogP contribution in [0, 0.1) is 0 Å². The molecule has 100 valence electrons. The third-order valence-electron chi connectivity index (χ3n) is 2.84. The van der Waals surface area contributed by atoms with E-state index >= 15 is 0 Å². The molecule has 2 aromatic rings. The Bertz CT molecular complexity index is 521. The van der Waals surface area contributed by atoms with Crippen LogP contribution >= 0.6 is 0 Å². The molecule has 1 heterocycles. The fraction of sp³-hybridized carbons (Fsp3) is 0.333. The Morgan fingerprint density at radius 3 is 2.95 bits per heavy atom. The van der Waals surface area contributed by atoms with E-state index in [9.17, 15) is 4.79 Å². The van der Waals surface area contributed by atoms with Gasteiger partial charge >= 0.3 is 5.97 Å². The molecule has 1 aromatic carbocycles. The Hall–Kier alpha value is -2.10. The first kappa shape index (κ1) is 13.3. The number of hydrogen-bond donors (Lipinski definition) is 0. The standard InChI is InChI=1S/C15H18N2O2/c1-2-19-15(18)7-6-13-4-3-5-14(10-13)11-17-9-8-16-12-17/h3-5,8-10,12H,2,6-7,11H2,1H3. The molecule has 2 rings (SSSR count). The van der Waals surface area contributed by atoms with Crippen LogP contribution in [0.2, 0.25) is 0 Å². The van der Waals surface area contributed by atoms with E-state index in [1.165, 1.54) is 5.56 Å². The lowest BCUT2D eigenvalue weighted by Crippen LogP contribution is -2.05. The predicted molar refractivity (Wildman–Crippen MR) is 72.7 cm³/mol. The highest BCUT2D eigenvalue weighted by atomic mass is 16.5. The smallest absolute Gasteiger partial charge is 0.306 e. The predicted octanol–water partition coefficient (Wildman–Crippen LogP) is 2.43. The van der Waals surface area contributed by atoms with E-state index in [1.807, 2.05) is 29.8 Å². The molecular weight excluding hydrogens is 240 g/mol. The van der Waals surface area contributed by atoms with E-state index in [4.69, 9.17) is 4.74 Å². The van der Waals surface area contributed by atoms with Gasteiger partial charge in [0.2, 0.25) is 0 Å². The second-order valence-electron chi connectivity index (χ2n) is 4.36. The van der Waals surface area contributed by atoms with Crippen molar-refractivity contribution in [2.45, 2.75) is 26.3 Å². The molecule has 0 fully saturated rings. The molecule has 4 nitrogen and oxygen atoms in total. The first-order valence-corrected chi connectivity index (χ1v) is 6.47. The van der Waals surface area contributed by atoms with Crippen LogP contribution in [-0.2, 0) is 22.5 Å². The highest BCUT2D eigenvalue weighted by Crippen LogP contribution is 2.09. The molecule has 0 unspecified atom stereocenters. The summed E-state index contributed by atoms with van der Waals surface area (Å²) in [5, 5.41) is 0. The maximum Gasteiger partial charge on any atom is 0.306 e. The summed E-state index contributed by atoms with van der Waals surface area (Å²) in [6, 6.07) is 8.26. The molecule has 4 heteroatoms. The van der Waals surface area contributed by atoms with Crippen LogP contribution in [0.1, 0.15) is 24.5 Å². The van der Waals surface area contributed by atoms with Crippen LogP contribution in [0.3, 0.4) is 0 Å². The Balaban J connectivity index is 1.93. The van der Waals surface area contributed by atoms with Crippen LogP contribution < -0.4 is 0 Å². The van der Waals surface area contributed by atoms with E-state index in [-0.39, 0.29) is 5.97 Å². The zero-order chi connectivity index (χ0) is 13.5. The molecule has 0 aliphatic carbocycles. The monoisotopic (exact) mass is 258 g/mol. The average Bonchev–Trinajstić information content (AvgIpc) is 2.90. The number of aromatic nitrogens is 2. The van der Waals surface area contributed by atoms with Crippen molar-refractivity contribution in [3.63, 3.8) is 0 Å². The zero-order valence-corrected chi connectivity index (χ0v) is 11.1. The van der Waals surface area contributed by atoms with Crippen molar-refractivity contribution in [1.29, 1.82) is 0 Å². The third kappa shape index (κ3) is 4.25. The lowest BCUT2D eigenvalue weighted by atomic mass is 10.1. The number of carbonyl (C=O) groups excluding carboxylic acids is 1. The minimum atomic E-state index is -0.137. The highest BCUT2D eigenvalue weighted by Gasteiger charge is 2.03. The number of esters is 1. The number of ether oxygens (including phenoxy) is 1. The van der Waals surface area contributed by atoms with Crippen molar-refractivity contribution >= 4 is 5.97 Å². The summed E-state index contributed by atoms with van der Waals surface area (Å²) < 4.78 is 6.95. The summed E-state index contributed by atoms with van der Waals surface area (Å²) in [6.07, 6.45) is 6.65. The van der Waals surface area contributed by atoms with Gasteiger partial charge in [0.25, 0.3) is 0 Å². The van der Waals surface area contributed by atoms with Gasteiger partial charge in [0, 0.05) is 25.4 Å². The lowest BCUT2D eigenvalue weighted by molar-refractivity contribution is -0.143. The Kier molecular flexibility index (Phi) is 4.72. The van der Waals surface area contributed by atoms with Gasteiger partial charge in [-0.1, -0.05) is 24.3 Å². The fourth-order valence-corrected chi connectivity index (χ4v) is 1.95.